The quantitative estimate of drug-likeness (QED) is 0.591. The molecule has 2 aromatic rings. The Labute approximate surface area is 153 Å². The highest BCUT2D eigenvalue weighted by atomic mass is 79.9. The van der Waals surface area contributed by atoms with Crippen molar-refractivity contribution in [3.05, 3.63) is 70.5 Å². The van der Waals surface area contributed by atoms with Gasteiger partial charge in [0.2, 0.25) is 0 Å². The third-order valence-electron chi connectivity index (χ3n) is 3.10. The van der Waals surface area contributed by atoms with E-state index >= 15 is 0 Å². The number of benzene rings is 2. The van der Waals surface area contributed by atoms with Gasteiger partial charge >= 0.3 is 0 Å². The lowest BCUT2D eigenvalue weighted by Gasteiger charge is -2.14. The molecule has 130 valence electrons. The number of hydrogen-bond acceptors (Lipinski definition) is 3. The van der Waals surface area contributed by atoms with Crippen LogP contribution in [0, 0.1) is 5.82 Å². The van der Waals surface area contributed by atoms with Crippen molar-refractivity contribution in [1.82, 2.24) is 10.9 Å². The summed E-state index contributed by atoms with van der Waals surface area (Å²) in [7, 11) is 0. The molecule has 0 aliphatic heterocycles. The molecule has 25 heavy (non-hydrogen) atoms. The van der Waals surface area contributed by atoms with Crippen molar-refractivity contribution in [3.8, 4) is 5.75 Å². The molecule has 0 aliphatic carbocycles. The standard InChI is InChI=1S/C18H16BrFN2O3/c1-12(25-16-9-7-15(20)8-10-16)18(24)22-21-17(23)11-4-13-2-5-14(19)6-3-13/h2-12H,1H3,(H,21,23)(H,22,24)/b11-4+/t12-/m1/s1. The summed E-state index contributed by atoms with van der Waals surface area (Å²) < 4.78 is 19.1. The summed E-state index contributed by atoms with van der Waals surface area (Å²) in [6.45, 7) is 1.52. The second kappa shape index (κ2) is 8.98. The van der Waals surface area contributed by atoms with Gasteiger partial charge in [0, 0.05) is 10.5 Å². The van der Waals surface area contributed by atoms with E-state index < -0.39 is 23.7 Å². The van der Waals surface area contributed by atoms with E-state index in [1.807, 2.05) is 24.3 Å². The zero-order chi connectivity index (χ0) is 18.2. The molecular weight excluding hydrogens is 391 g/mol. The Morgan fingerprint density at radius 3 is 2.36 bits per heavy atom. The van der Waals surface area contributed by atoms with Crippen LogP contribution in [0.4, 0.5) is 4.39 Å². The summed E-state index contributed by atoms with van der Waals surface area (Å²) in [5.41, 5.74) is 5.37. The van der Waals surface area contributed by atoms with Crippen LogP contribution in [0.15, 0.2) is 59.1 Å². The molecule has 2 aromatic carbocycles. The van der Waals surface area contributed by atoms with Gasteiger partial charge in [-0.05, 0) is 55.0 Å². The van der Waals surface area contributed by atoms with E-state index in [9.17, 15) is 14.0 Å². The van der Waals surface area contributed by atoms with Crippen LogP contribution in [0.3, 0.4) is 0 Å². The number of carbonyl (C=O) groups excluding carboxylic acids is 2. The number of nitrogens with one attached hydrogen (secondary N) is 2. The maximum Gasteiger partial charge on any atom is 0.279 e. The molecule has 0 aromatic heterocycles. The van der Waals surface area contributed by atoms with Gasteiger partial charge in [-0.3, -0.25) is 20.4 Å². The zero-order valence-corrected chi connectivity index (χ0v) is 14.9. The summed E-state index contributed by atoms with van der Waals surface area (Å²) in [4.78, 5) is 23.6. The fraction of sp³-hybridized carbons (Fsp3) is 0.111. The highest BCUT2D eigenvalue weighted by Crippen LogP contribution is 2.13. The third-order valence-corrected chi connectivity index (χ3v) is 3.63. The van der Waals surface area contributed by atoms with Crippen LogP contribution >= 0.6 is 15.9 Å². The fourth-order valence-corrected chi connectivity index (χ4v) is 2.05. The average Bonchev–Trinajstić information content (AvgIpc) is 2.61. The Bertz CT molecular complexity index is 761. The number of ether oxygens (including phenoxy) is 1. The predicted molar refractivity (Wildman–Crippen MR) is 96.0 cm³/mol. The highest BCUT2D eigenvalue weighted by Gasteiger charge is 2.14. The lowest BCUT2D eigenvalue weighted by Crippen LogP contribution is -2.46. The first kappa shape index (κ1) is 18.7. The van der Waals surface area contributed by atoms with Crippen molar-refractivity contribution >= 4 is 33.8 Å². The SMILES string of the molecule is C[C@@H](Oc1ccc(F)cc1)C(=O)NNC(=O)/C=C/c1ccc(Br)cc1. The number of amides is 2. The third kappa shape index (κ3) is 6.39. The van der Waals surface area contributed by atoms with Crippen molar-refractivity contribution in [2.45, 2.75) is 13.0 Å². The van der Waals surface area contributed by atoms with Crippen LogP contribution in [0.2, 0.25) is 0 Å². The molecule has 7 heteroatoms. The molecular formula is C18H16BrFN2O3. The van der Waals surface area contributed by atoms with Gasteiger partial charge in [0.25, 0.3) is 11.8 Å². The van der Waals surface area contributed by atoms with Crippen molar-refractivity contribution in [2.75, 3.05) is 0 Å². The summed E-state index contributed by atoms with van der Waals surface area (Å²) in [6, 6.07) is 12.7. The molecule has 2 N–H and O–H groups in total. The van der Waals surface area contributed by atoms with E-state index in [-0.39, 0.29) is 0 Å². The molecule has 0 unspecified atom stereocenters. The van der Waals surface area contributed by atoms with Crippen LogP contribution in [-0.2, 0) is 9.59 Å². The van der Waals surface area contributed by atoms with E-state index in [1.165, 1.54) is 37.3 Å². The molecule has 0 saturated carbocycles. The summed E-state index contributed by atoms with van der Waals surface area (Å²) >= 11 is 3.33. The van der Waals surface area contributed by atoms with Crippen LogP contribution in [0.5, 0.6) is 5.75 Å². The van der Waals surface area contributed by atoms with Crippen molar-refractivity contribution in [1.29, 1.82) is 0 Å². The lowest BCUT2D eigenvalue weighted by molar-refractivity contribution is -0.131. The lowest BCUT2D eigenvalue weighted by atomic mass is 10.2. The molecule has 2 amide bonds. The van der Waals surface area contributed by atoms with E-state index in [2.05, 4.69) is 26.8 Å². The fourth-order valence-electron chi connectivity index (χ4n) is 1.78. The van der Waals surface area contributed by atoms with Crippen LogP contribution in [-0.4, -0.2) is 17.9 Å². The minimum Gasteiger partial charge on any atom is -0.481 e. The summed E-state index contributed by atoms with van der Waals surface area (Å²) in [5.74, 6) is -1.06. The highest BCUT2D eigenvalue weighted by molar-refractivity contribution is 9.10. The first-order valence-corrected chi connectivity index (χ1v) is 8.19. The number of rotatable bonds is 5. The van der Waals surface area contributed by atoms with Crippen molar-refractivity contribution in [2.24, 2.45) is 0 Å². The van der Waals surface area contributed by atoms with Crippen LogP contribution < -0.4 is 15.6 Å². The van der Waals surface area contributed by atoms with Gasteiger partial charge in [0.1, 0.15) is 11.6 Å². The van der Waals surface area contributed by atoms with Gasteiger partial charge in [0.05, 0.1) is 0 Å². The zero-order valence-electron chi connectivity index (χ0n) is 13.3. The van der Waals surface area contributed by atoms with E-state index in [1.54, 1.807) is 6.08 Å². The first-order chi connectivity index (χ1) is 11.9. The molecule has 0 fully saturated rings. The van der Waals surface area contributed by atoms with E-state index in [4.69, 9.17) is 4.74 Å². The Morgan fingerprint density at radius 2 is 1.72 bits per heavy atom. The predicted octanol–water partition coefficient (Wildman–Crippen LogP) is 3.22. The minimum atomic E-state index is -0.860. The molecule has 0 saturated heterocycles. The molecule has 2 rings (SSSR count). The number of halogens is 2. The smallest absolute Gasteiger partial charge is 0.279 e. The Morgan fingerprint density at radius 1 is 1.08 bits per heavy atom. The molecule has 0 spiro atoms. The topological polar surface area (TPSA) is 67.4 Å². The summed E-state index contributed by atoms with van der Waals surface area (Å²) in [5, 5.41) is 0. The second-order valence-corrected chi connectivity index (χ2v) is 5.99. The Kier molecular flexibility index (Phi) is 6.71. The first-order valence-electron chi connectivity index (χ1n) is 7.40. The average molecular weight is 407 g/mol. The van der Waals surface area contributed by atoms with Crippen molar-refractivity contribution in [3.63, 3.8) is 0 Å². The maximum atomic E-state index is 12.8. The van der Waals surface area contributed by atoms with E-state index in [0.717, 1.165) is 10.0 Å². The summed E-state index contributed by atoms with van der Waals surface area (Å²) in [6.07, 6.45) is 2.06. The van der Waals surface area contributed by atoms with Gasteiger partial charge in [-0.2, -0.15) is 0 Å². The largest absolute Gasteiger partial charge is 0.481 e. The number of carbonyl (C=O) groups is 2. The van der Waals surface area contributed by atoms with Gasteiger partial charge in [-0.1, -0.05) is 28.1 Å². The van der Waals surface area contributed by atoms with Crippen molar-refractivity contribution < 1.29 is 18.7 Å². The molecule has 0 heterocycles. The Hall–Kier alpha value is -2.67. The molecule has 1 atom stereocenters. The number of hydrazine groups is 1. The van der Waals surface area contributed by atoms with Gasteiger partial charge in [-0.15, -0.1) is 0 Å². The second-order valence-electron chi connectivity index (χ2n) is 5.08. The maximum absolute atomic E-state index is 12.8. The molecule has 0 radical (unpaired) electrons. The Balaban J connectivity index is 1.79. The minimum absolute atomic E-state index is 0.352. The molecule has 0 bridgehead atoms. The van der Waals surface area contributed by atoms with Crippen LogP contribution in [0.25, 0.3) is 6.08 Å². The van der Waals surface area contributed by atoms with E-state index in [0.29, 0.717) is 5.75 Å². The monoisotopic (exact) mass is 406 g/mol. The normalized spacial score (nSPS) is 11.8. The van der Waals surface area contributed by atoms with Crippen LogP contribution in [0.1, 0.15) is 12.5 Å². The number of hydrogen-bond donors (Lipinski definition) is 2. The van der Waals surface area contributed by atoms with Gasteiger partial charge < -0.3 is 4.74 Å². The molecule has 5 nitrogen and oxygen atoms in total. The molecule has 0 aliphatic rings. The van der Waals surface area contributed by atoms with Gasteiger partial charge in [0.15, 0.2) is 6.10 Å². The van der Waals surface area contributed by atoms with Gasteiger partial charge in [-0.25, -0.2) is 4.39 Å².